The molecule has 3 aromatic rings. The van der Waals surface area contributed by atoms with Gasteiger partial charge in [-0.2, -0.15) is 0 Å². The molecule has 0 bridgehead atoms. The summed E-state index contributed by atoms with van der Waals surface area (Å²) in [6, 6.07) is 8.43. The smallest absolute Gasteiger partial charge is 0.333 e. The van der Waals surface area contributed by atoms with Gasteiger partial charge in [0.2, 0.25) is 0 Å². The van der Waals surface area contributed by atoms with Crippen molar-refractivity contribution in [2.75, 3.05) is 11.5 Å². The summed E-state index contributed by atoms with van der Waals surface area (Å²) in [5.41, 5.74) is 10.6. The number of fused-ring (bicyclic) bond motifs is 1. The molecule has 0 aliphatic carbocycles. The molecule has 1 aromatic heterocycles. The summed E-state index contributed by atoms with van der Waals surface area (Å²) in [6.45, 7) is 0. The van der Waals surface area contributed by atoms with Crippen LogP contribution in [0.15, 0.2) is 46.0 Å². The molecule has 1 heterocycles. The molecule has 0 atom stereocenters. The van der Waals surface area contributed by atoms with E-state index in [1.807, 2.05) is 0 Å². The van der Waals surface area contributed by atoms with Gasteiger partial charge in [-0.1, -0.05) is 0 Å². The number of nitrogen functional groups attached to an aromatic ring is 2. The van der Waals surface area contributed by atoms with Crippen LogP contribution in [0.25, 0.3) is 16.6 Å². The summed E-state index contributed by atoms with van der Waals surface area (Å²) >= 11 is 0. The predicted molar refractivity (Wildman–Crippen MR) is 78.9 cm³/mol. The maximum Gasteiger partial charge on any atom is 0.333 e. The van der Waals surface area contributed by atoms with Gasteiger partial charge in [0.15, 0.2) is 0 Å². The Balaban J connectivity index is 2.39. The number of rotatable bonds is 1. The van der Waals surface area contributed by atoms with Gasteiger partial charge < -0.3 is 16.5 Å². The third-order valence-corrected chi connectivity index (χ3v) is 3.17. The average Bonchev–Trinajstić information content (AvgIpc) is 2.43. The van der Waals surface area contributed by atoms with E-state index in [-0.39, 0.29) is 16.6 Å². The summed E-state index contributed by atoms with van der Waals surface area (Å²) in [7, 11) is 0. The van der Waals surface area contributed by atoms with Crippen LogP contribution in [0.2, 0.25) is 0 Å². The number of nitrogens with zero attached hydrogens (tertiary/aromatic N) is 1. The minimum Gasteiger partial charge on any atom is -0.399 e. The van der Waals surface area contributed by atoms with Crippen molar-refractivity contribution in [2.45, 2.75) is 0 Å². The van der Waals surface area contributed by atoms with Gasteiger partial charge in [0.1, 0.15) is 5.82 Å². The first kappa shape index (κ1) is 12.9. The molecule has 0 amide bonds. The highest BCUT2D eigenvalue weighted by Crippen LogP contribution is 2.16. The lowest BCUT2D eigenvalue weighted by Gasteiger charge is -2.07. The Morgan fingerprint density at radius 3 is 2.38 bits per heavy atom. The summed E-state index contributed by atoms with van der Waals surface area (Å²) in [5, 5.41) is 0.0399. The average molecular weight is 286 g/mol. The van der Waals surface area contributed by atoms with Crippen molar-refractivity contribution in [2.24, 2.45) is 0 Å². The van der Waals surface area contributed by atoms with Crippen LogP contribution in [-0.4, -0.2) is 9.55 Å². The Bertz CT molecular complexity index is 958. The van der Waals surface area contributed by atoms with E-state index in [2.05, 4.69) is 4.98 Å². The first-order valence-electron chi connectivity index (χ1n) is 6.07. The Morgan fingerprint density at radius 1 is 1.05 bits per heavy atom. The molecule has 0 saturated carbocycles. The number of aromatic amines is 1. The molecule has 3 rings (SSSR count). The third-order valence-electron chi connectivity index (χ3n) is 3.17. The van der Waals surface area contributed by atoms with Crippen LogP contribution < -0.4 is 22.7 Å². The van der Waals surface area contributed by atoms with Crippen molar-refractivity contribution in [3.63, 3.8) is 0 Å². The Kier molecular flexibility index (Phi) is 2.76. The molecule has 6 nitrogen and oxygen atoms in total. The number of hydrogen-bond acceptors (Lipinski definition) is 4. The van der Waals surface area contributed by atoms with Gasteiger partial charge in [0, 0.05) is 5.69 Å². The van der Waals surface area contributed by atoms with Gasteiger partial charge in [-0.05, 0) is 36.4 Å². The van der Waals surface area contributed by atoms with Crippen LogP contribution in [0.3, 0.4) is 0 Å². The van der Waals surface area contributed by atoms with Crippen LogP contribution in [0, 0.1) is 5.82 Å². The quantitative estimate of drug-likeness (QED) is 0.580. The monoisotopic (exact) mass is 286 g/mol. The number of H-pyrrole nitrogens is 1. The molecule has 106 valence electrons. The number of halogens is 1. The molecule has 21 heavy (non-hydrogen) atoms. The molecule has 0 fully saturated rings. The van der Waals surface area contributed by atoms with Crippen LogP contribution in [-0.2, 0) is 0 Å². The fraction of sp³-hybridized carbons (Fsp3) is 0. The number of anilines is 2. The second kappa shape index (κ2) is 4.48. The summed E-state index contributed by atoms with van der Waals surface area (Å²) in [6.07, 6.45) is 0. The zero-order valence-corrected chi connectivity index (χ0v) is 10.8. The van der Waals surface area contributed by atoms with Gasteiger partial charge >= 0.3 is 5.69 Å². The van der Waals surface area contributed by atoms with Crippen molar-refractivity contribution in [3.8, 4) is 5.69 Å². The van der Waals surface area contributed by atoms with Crippen LogP contribution in [0.1, 0.15) is 0 Å². The van der Waals surface area contributed by atoms with Gasteiger partial charge in [0.25, 0.3) is 5.56 Å². The minimum atomic E-state index is -0.712. The van der Waals surface area contributed by atoms with Gasteiger partial charge in [-0.25, -0.2) is 13.8 Å². The molecule has 5 N–H and O–H groups in total. The summed E-state index contributed by atoms with van der Waals surface area (Å²) in [4.78, 5) is 27.0. The van der Waals surface area contributed by atoms with E-state index in [1.165, 1.54) is 18.2 Å². The van der Waals surface area contributed by atoms with Crippen LogP contribution in [0.5, 0.6) is 0 Å². The largest absolute Gasteiger partial charge is 0.399 e. The minimum absolute atomic E-state index is 0.0399. The highest BCUT2D eigenvalue weighted by molar-refractivity contribution is 5.81. The van der Waals surface area contributed by atoms with E-state index in [0.717, 1.165) is 10.6 Å². The fourth-order valence-electron chi connectivity index (χ4n) is 2.11. The van der Waals surface area contributed by atoms with Gasteiger partial charge in [-0.15, -0.1) is 0 Å². The summed E-state index contributed by atoms with van der Waals surface area (Å²) < 4.78 is 14.4. The third kappa shape index (κ3) is 2.04. The SMILES string of the molecule is Nc1ccc(-n2c(=O)[nH]c3cc(N)c(F)cc3c2=O)cc1. The molecule has 0 aliphatic rings. The number of nitrogens with two attached hydrogens (primary N) is 2. The second-order valence-corrected chi connectivity index (χ2v) is 4.58. The van der Waals surface area contributed by atoms with Gasteiger partial charge in [0.05, 0.1) is 22.3 Å². The van der Waals surface area contributed by atoms with Crippen molar-refractivity contribution >= 4 is 22.3 Å². The van der Waals surface area contributed by atoms with Gasteiger partial charge in [-0.3, -0.25) is 4.79 Å². The lowest BCUT2D eigenvalue weighted by atomic mass is 10.2. The fourth-order valence-corrected chi connectivity index (χ4v) is 2.11. The molecule has 0 spiro atoms. The summed E-state index contributed by atoms with van der Waals surface area (Å²) in [5.74, 6) is -0.712. The molecule has 0 aliphatic heterocycles. The number of benzene rings is 2. The first-order chi connectivity index (χ1) is 9.97. The van der Waals surface area contributed by atoms with Crippen LogP contribution in [0.4, 0.5) is 15.8 Å². The van der Waals surface area contributed by atoms with E-state index in [9.17, 15) is 14.0 Å². The molecule has 7 heteroatoms. The van der Waals surface area contributed by atoms with Crippen molar-refractivity contribution in [1.29, 1.82) is 0 Å². The zero-order valence-electron chi connectivity index (χ0n) is 10.8. The maximum atomic E-state index is 13.5. The van der Waals surface area contributed by atoms with Crippen molar-refractivity contribution < 1.29 is 4.39 Å². The van der Waals surface area contributed by atoms with Crippen molar-refractivity contribution in [1.82, 2.24) is 9.55 Å². The molecular weight excluding hydrogens is 275 g/mol. The highest BCUT2D eigenvalue weighted by Gasteiger charge is 2.11. The molecule has 0 unspecified atom stereocenters. The van der Waals surface area contributed by atoms with E-state index < -0.39 is 17.1 Å². The zero-order chi connectivity index (χ0) is 15.1. The normalized spacial score (nSPS) is 10.9. The van der Waals surface area contributed by atoms with E-state index in [1.54, 1.807) is 12.1 Å². The Morgan fingerprint density at radius 2 is 1.71 bits per heavy atom. The van der Waals surface area contributed by atoms with E-state index in [4.69, 9.17) is 11.5 Å². The lowest BCUT2D eigenvalue weighted by Crippen LogP contribution is -2.33. The number of hydrogen-bond donors (Lipinski definition) is 3. The first-order valence-corrected chi connectivity index (χ1v) is 6.07. The molecule has 0 saturated heterocycles. The maximum absolute atomic E-state index is 13.5. The molecular formula is C14H11FN4O2. The Hall–Kier alpha value is -3.09. The predicted octanol–water partition coefficient (Wildman–Crippen LogP) is 0.983. The number of aromatic nitrogens is 2. The van der Waals surface area contributed by atoms with Crippen LogP contribution >= 0.6 is 0 Å². The van der Waals surface area contributed by atoms with Crippen molar-refractivity contribution in [3.05, 3.63) is 63.1 Å². The molecule has 0 radical (unpaired) electrons. The molecule has 2 aromatic carbocycles. The second-order valence-electron chi connectivity index (χ2n) is 4.58. The highest BCUT2D eigenvalue weighted by atomic mass is 19.1. The lowest BCUT2D eigenvalue weighted by molar-refractivity contribution is 0.634. The van der Waals surface area contributed by atoms with E-state index in [0.29, 0.717) is 11.4 Å². The Labute approximate surface area is 117 Å². The standard InChI is InChI=1S/C14H11FN4O2/c15-10-5-9-12(6-11(10)17)18-14(21)19(13(9)20)8-3-1-7(16)2-4-8/h1-6H,16-17H2,(H,18,21). The van der Waals surface area contributed by atoms with E-state index >= 15 is 0 Å². The topological polar surface area (TPSA) is 107 Å². The number of nitrogens with one attached hydrogen (secondary N) is 1.